The molecule has 0 unspecified atom stereocenters. The zero-order valence-corrected chi connectivity index (χ0v) is 19.3. The Morgan fingerprint density at radius 3 is 2.94 bits per heavy atom. The number of aromatic amines is 1. The van der Waals surface area contributed by atoms with E-state index < -0.39 is 0 Å². The molecule has 2 aromatic heterocycles. The highest BCUT2D eigenvalue weighted by Crippen LogP contribution is 2.31. The molecule has 0 bridgehead atoms. The van der Waals surface area contributed by atoms with E-state index in [1.807, 2.05) is 6.20 Å². The molecular formula is C23H29N5O2S. The Labute approximate surface area is 186 Å². The molecule has 7 nitrogen and oxygen atoms in total. The first-order valence-electron chi connectivity index (χ1n) is 10.8. The van der Waals surface area contributed by atoms with Gasteiger partial charge in [0.25, 0.3) is 0 Å². The predicted octanol–water partition coefficient (Wildman–Crippen LogP) is 4.05. The molecule has 1 aromatic carbocycles. The van der Waals surface area contributed by atoms with Crippen molar-refractivity contribution < 1.29 is 9.59 Å². The molecule has 2 amide bonds. The van der Waals surface area contributed by atoms with E-state index in [-0.39, 0.29) is 29.6 Å². The van der Waals surface area contributed by atoms with Gasteiger partial charge in [-0.3, -0.25) is 9.59 Å². The molecule has 3 heterocycles. The summed E-state index contributed by atoms with van der Waals surface area (Å²) in [5, 5.41) is 13.8. The molecule has 2 N–H and O–H groups in total. The lowest BCUT2D eigenvalue weighted by Gasteiger charge is -2.17. The number of hydrogen-bond donors (Lipinski definition) is 2. The number of amides is 2. The molecule has 1 saturated heterocycles. The fourth-order valence-corrected chi connectivity index (χ4v) is 4.74. The number of aryl methyl sites for hydroxylation is 1. The number of benzene rings is 1. The molecular weight excluding hydrogens is 410 g/mol. The minimum absolute atomic E-state index is 0.0289. The van der Waals surface area contributed by atoms with Crippen molar-refractivity contribution in [2.45, 2.75) is 52.4 Å². The molecule has 8 heteroatoms. The van der Waals surface area contributed by atoms with Gasteiger partial charge in [-0.1, -0.05) is 43.7 Å². The van der Waals surface area contributed by atoms with Crippen molar-refractivity contribution in [1.29, 1.82) is 0 Å². The summed E-state index contributed by atoms with van der Waals surface area (Å²) in [7, 11) is 0. The van der Waals surface area contributed by atoms with E-state index in [1.165, 1.54) is 27.8 Å². The number of hydrogen-bond acceptors (Lipinski definition) is 5. The van der Waals surface area contributed by atoms with Crippen LogP contribution in [0, 0.1) is 12.8 Å². The summed E-state index contributed by atoms with van der Waals surface area (Å²) in [6, 6.07) is 6.33. The van der Waals surface area contributed by atoms with E-state index in [2.05, 4.69) is 66.4 Å². The molecule has 3 aromatic rings. The van der Waals surface area contributed by atoms with Crippen molar-refractivity contribution >= 4 is 39.2 Å². The zero-order chi connectivity index (χ0) is 22.2. The first-order valence-corrected chi connectivity index (χ1v) is 11.6. The van der Waals surface area contributed by atoms with Crippen LogP contribution in [0.1, 0.15) is 49.7 Å². The number of carbonyl (C=O) groups is 2. The van der Waals surface area contributed by atoms with Crippen molar-refractivity contribution in [3.8, 4) is 0 Å². The second-order valence-electron chi connectivity index (χ2n) is 8.99. The van der Waals surface area contributed by atoms with Gasteiger partial charge >= 0.3 is 0 Å². The summed E-state index contributed by atoms with van der Waals surface area (Å²) in [5.41, 5.74) is 3.44. The number of rotatable bonds is 7. The molecule has 1 aliphatic rings. The molecule has 1 fully saturated rings. The Morgan fingerprint density at radius 2 is 2.16 bits per heavy atom. The summed E-state index contributed by atoms with van der Waals surface area (Å²) < 4.78 is 0. The van der Waals surface area contributed by atoms with Crippen LogP contribution in [0.3, 0.4) is 0 Å². The lowest BCUT2D eigenvalue weighted by atomic mass is 9.91. The molecule has 0 radical (unpaired) electrons. The average molecular weight is 440 g/mol. The third-order valence-electron chi connectivity index (χ3n) is 6.28. The zero-order valence-electron chi connectivity index (χ0n) is 18.5. The maximum absolute atomic E-state index is 12.7. The lowest BCUT2D eigenvalue weighted by Crippen LogP contribution is -2.30. The Bertz CT molecular complexity index is 1120. The summed E-state index contributed by atoms with van der Waals surface area (Å²) in [4.78, 5) is 30.3. The summed E-state index contributed by atoms with van der Waals surface area (Å²) in [5.74, 6) is -0.485. The van der Waals surface area contributed by atoms with E-state index in [9.17, 15) is 9.59 Å². The minimum Gasteiger partial charge on any atom is -0.361 e. The maximum Gasteiger partial charge on any atom is 0.231 e. The second-order valence-corrected chi connectivity index (χ2v) is 9.97. The molecule has 0 saturated carbocycles. The van der Waals surface area contributed by atoms with E-state index >= 15 is 0 Å². The standard InChI is InChI=1S/C23H29N5O2S/c1-5-23(3,4)21-26-27-22(31-21)25-20(30)16-11-19(29)28(13-16)9-8-15-12-24-18-7-6-14(2)10-17(15)18/h6-7,10,12,16,24H,5,8-9,11,13H2,1-4H3,(H,25,27,30)/t16-/m0/s1. The van der Waals surface area contributed by atoms with Crippen molar-refractivity contribution in [2.24, 2.45) is 5.92 Å². The maximum atomic E-state index is 12.7. The van der Waals surface area contributed by atoms with Gasteiger partial charge in [0.2, 0.25) is 16.9 Å². The van der Waals surface area contributed by atoms with E-state index in [4.69, 9.17) is 0 Å². The van der Waals surface area contributed by atoms with Gasteiger partial charge in [-0.2, -0.15) is 0 Å². The molecule has 0 spiro atoms. The first-order chi connectivity index (χ1) is 14.8. The van der Waals surface area contributed by atoms with Gasteiger partial charge in [-0.05, 0) is 37.5 Å². The molecule has 0 aliphatic carbocycles. The van der Waals surface area contributed by atoms with E-state index in [0.717, 1.165) is 23.4 Å². The van der Waals surface area contributed by atoms with Crippen LogP contribution >= 0.6 is 11.3 Å². The summed E-state index contributed by atoms with van der Waals surface area (Å²) in [6.07, 6.45) is 3.96. The van der Waals surface area contributed by atoms with Gasteiger partial charge in [0.05, 0.1) is 5.92 Å². The van der Waals surface area contributed by atoms with Gasteiger partial charge in [-0.25, -0.2) is 0 Å². The number of H-pyrrole nitrogens is 1. The minimum atomic E-state index is -0.357. The average Bonchev–Trinajstić information content (AvgIpc) is 3.45. The van der Waals surface area contributed by atoms with Gasteiger partial charge in [0.15, 0.2) is 0 Å². The number of nitrogens with zero attached hydrogens (tertiary/aromatic N) is 3. The van der Waals surface area contributed by atoms with Gasteiger partial charge in [-0.15, -0.1) is 10.2 Å². The van der Waals surface area contributed by atoms with Gasteiger partial charge in [0, 0.05) is 42.0 Å². The van der Waals surface area contributed by atoms with Crippen LogP contribution in [-0.2, 0) is 21.4 Å². The fourth-order valence-electron chi connectivity index (χ4n) is 3.82. The molecule has 4 rings (SSSR count). The lowest BCUT2D eigenvalue weighted by molar-refractivity contribution is -0.128. The van der Waals surface area contributed by atoms with Crippen molar-refractivity contribution in [1.82, 2.24) is 20.1 Å². The third kappa shape index (κ3) is 4.49. The normalized spacial score (nSPS) is 17.0. The number of anilines is 1. The van der Waals surface area contributed by atoms with Crippen LogP contribution in [0.4, 0.5) is 5.13 Å². The van der Waals surface area contributed by atoms with Crippen LogP contribution in [0.25, 0.3) is 10.9 Å². The van der Waals surface area contributed by atoms with Crippen molar-refractivity contribution in [2.75, 3.05) is 18.4 Å². The Morgan fingerprint density at radius 1 is 1.35 bits per heavy atom. The van der Waals surface area contributed by atoms with Crippen LogP contribution in [0.2, 0.25) is 0 Å². The molecule has 1 aliphatic heterocycles. The highest BCUT2D eigenvalue weighted by molar-refractivity contribution is 7.15. The van der Waals surface area contributed by atoms with Gasteiger partial charge < -0.3 is 15.2 Å². The highest BCUT2D eigenvalue weighted by atomic mass is 32.1. The Kier molecular flexibility index (Phi) is 5.83. The van der Waals surface area contributed by atoms with Gasteiger partial charge in [0.1, 0.15) is 5.01 Å². The highest BCUT2D eigenvalue weighted by Gasteiger charge is 2.34. The molecule has 1 atom stereocenters. The van der Waals surface area contributed by atoms with Crippen LogP contribution in [-0.4, -0.2) is 45.0 Å². The van der Waals surface area contributed by atoms with Crippen LogP contribution in [0.5, 0.6) is 0 Å². The number of likely N-dealkylation sites (tertiary alicyclic amines) is 1. The first kappa shape index (κ1) is 21.5. The summed E-state index contributed by atoms with van der Waals surface area (Å²) >= 11 is 1.41. The molecule has 31 heavy (non-hydrogen) atoms. The number of nitrogens with one attached hydrogen (secondary N) is 2. The number of carbonyl (C=O) groups excluding carboxylic acids is 2. The Balaban J connectivity index is 1.35. The van der Waals surface area contributed by atoms with Crippen LogP contribution in [0.15, 0.2) is 24.4 Å². The summed E-state index contributed by atoms with van der Waals surface area (Å²) in [6.45, 7) is 9.46. The largest absolute Gasteiger partial charge is 0.361 e. The SMILES string of the molecule is CCC(C)(C)c1nnc(NC(=O)[C@H]2CC(=O)N(CCc3c[nH]c4ccc(C)cc34)C2)s1. The van der Waals surface area contributed by atoms with E-state index in [1.54, 1.807) is 4.90 Å². The quantitative estimate of drug-likeness (QED) is 0.581. The van der Waals surface area contributed by atoms with Crippen LogP contribution < -0.4 is 5.32 Å². The van der Waals surface area contributed by atoms with E-state index in [0.29, 0.717) is 18.2 Å². The van der Waals surface area contributed by atoms with Crippen molar-refractivity contribution in [3.05, 3.63) is 40.5 Å². The predicted molar refractivity (Wildman–Crippen MR) is 123 cm³/mol. The topological polar surface area (TPSA) is 91.0 Å². The Hall–Kier alpha value is -2.74. The number of fused-ring (bicyclic) bond motifs is 1. The fraction of sp³-hybridized carbons (Fsp3) is 0.478. The smallest absolute Gasteiger partial charge is 0.231 e. The third-order valence-corrected chi connectivity index (χ3v) is 7.48. The van der Waals surface area contributed by atoms with Crippen molar-refractivity contribution in [3.63, 3.8) is 0 Å². The monoisotopic (exact) mass is 439 g/mol. The second kappa shape index (κ2) is 8.42. The molecule has 164 valence electrons. The number of aromatic nitrogens is 3.